The van der Waals surface area contributed by atoms with Crippen molar-refractivity contribution < 1.29 is 0 Å². The summed E-state index contributed by atoms with van der Waals surface area (Å²) >= 11 is 7.80. The fourth-order valence-corrected chi connectivity index (χ4v) is 5.10. The molecule has 0 saturated heterocycles. The van der Waals surface area contributed by atoms with E-state index in [2.05, 4.69) is 43.1 Å². The van der Waals surface area contributed by atoms with Crippen molar-refractivity contribution in [3.63, 3.8) is 0 Å². The molecule has 29 heavy (non-hydrogen) atoms. The molecule has 0 aliphatic rings. The van der Waals surface area contributed by atoms with Crippen LogP contribution in [0, 0.1) is 6.92 Å². The fraction of sp³-hybridized carbons (Fsp3) is 0.458. The third-order valence-corrected chi connectivity index (χ3v) is 6.90. The number of nitrogens with one attached hydrogen (secondary N) is 1. The summed E-state index contributed by atoms with van der Waals surface area (Å²) in [7, 11) is 0. The molecule has 3 nitrogen and oxygen atoms in total. The molecule has 1 aromatic heterocycles. The van der Waals surface area contributed by atoms with Gasteiger partial charge in [0, 0.05) is 38.6 Å². The summed E-state index contributed by atoms with van der Waals surface area (Å²) in [5, 5.41) is 5.77. The molecular formula is C24H31ClN2OS. The van der Waals surface area contributed by atoms with Crippen LogP contribution in [0.2, 0.25) is 5.02 Å². The minimum absolute atomic E-state index is 0.0884. The van der Waals surface area contributed by atoms with Crippen LogP contribution in [-0.4, -0.2) is 31.1 Å². The Morgan fingerprint density at radius 3 is 2.45 bits per heavy atom. The molecule has 5 heteroatoms. The predicted molar refractivity (Wildman–Crippen MR) is 130 cm³/mol. The van der Waals surface area contributed by atoms with E-state index in [-0.39, 0.29) is 5.43 Å². The van der Waals surface area contributed by atoms with Crippen molar-refractivity contribution in [2.75, 3.05) is 31.5 Å². The molecule has 156 valence electrons. The van der Waals surface area contributed by atoms with Gasteiger partial charge < -0.3 is 10.2 Å². The number of aryl methyl sites for hydroxylation is 1. The van der Waals surface area contributed by atoms with Crippen molar-refractivity contribution in [2.24, 2.45) is 0 Å². The highest BCUT2D eigenvalue weighted by atomic mass is 35.5. The maximum Gasteiger partial charge on any atom is 0.197 e. The monoisotopic (exact) mass is 430 g/mol. The van der Waals surface area contributed by atoms with E-state index < -0.39 is 0 Å². The van der Waals surface area contributed by atoms with E-state index >= 15 is 0 Å². The van der Waals surface area contributed by atoms with Gasteiger partial charge in [-0.25, -0.2) is 0 Å². The zero-order chi connectivity index (χ0) is 20.8. The Hall–Kier alpha value is -1.62. The van der Waals surface area contributed by atoms with Gasteiger partial charge >= 0.3 is 0 Å². The molecule has 0 amide bonds. The highest BCUT2D eigenvalue weighted by molar-refractivity contribution is 7.24. The lowest BCUT2D eigenvalue weighted by Gasteiger charge is -2.22. The van der Waals surface area contributed by atoms with Gasteiger partial charge in [-0.3, -0.25) is 4.79 Å². The Balaban J connectivity index is 1.86. The van der Waals surface area contributed by atoms with E-state index in [0.717, 1.165) is 57.6 Å². The van der Waals surface area contributed by atoms with Crippen LogP contribution in [0.25, 0.3) is 20.2 Å². The lowest BCUT2D eigenvalue weighted by atomic mass is 10.1. The Kier molecular flexibility index (Phi) is 7.93. The van der Waals surface area contributed by atoms with E-state index in [1.807, 2.05) is 12.1 Å². The third kappa shape index (κ3) is 5.30. The molecule has 2 aromatic carbocycles. The summed E-state index contributed by atoms with van der Waals surface area (Å²) in [6.07, 6.45) is 4.91. The minimum Gasteiger partial charge on any atom is -0.383 e. The average Bonchev–Trinajstić information content (AvgIpc) is 2.71. The highest BCUT2D eigenvalue weighted by Crippen LogP contribution is 2.32. The van der Waals surface area contributed by atoms with Crippen LogP contribution < -0.4 is 10.7 Å². The van der Waals surface area contributed by atoms with Crippen LogP contribution in [0.15, 0.2) is 35.1 Å². The first-order chi connectivity index (χ1) is 14.0. The second kappa shape index (κ2) is 10.4. The number of hydrogen-bond donors (Lipinski definition) is 1. The lowest BCUT2D eigenvalue weighted by molar-refractivity contribution is 0.275. The van der Waals surface area contributed by atoms with Crippen LogP contribution in [0.5, 0.6) is 0 Å². The van der Waals surface area contributed by atoms with Gasteiger partial charge in [-0.15, -0.1) is 11.3 Å². The first kappa shape index (κ1) is 22.1. The molecule has 0 saturated carbocycles. The molecule has 0 radical (unpaired) electrons. The summed E-state index contributed by atoms with van der Waals surface area (Å²) in [6, 6.07) is 9.69. The third-order valence-electron chi connectivity index (χ3n) is 5.38. The molecule has 0 aliphatic heterocycles. The van der Waals surface area contributed by atoms with Crippen molar-refractivity contribution in [3.05, 3.63) is 51.1 Å². The minimum atomic E-state index is 0.0884. The molecule has 0 bridgehead atoms. The van der Waals surface area contributed by atoms with Gasteiger partial charge in [-0.2, -0.15) is 0 Å². The number of fused-ring (bicyclic) bond motifs is 2. The maximum absolute atomic E-state index is 13.3. The summed E-state index contributed by atoms with van der Waals surface area (Å²) in [6.45, 7) is 10.7. The fourth-order valence-electron chi connectivity index (χ4n) is 3.65. The molecule has 0 atom stereocenters. The predicted octanol–water partition coefficient (Wildman–Crippen LogP) is 6.69. The van der Waals surface area contributed by atoms with Gasteiger partial charge in [-0.1, -0.05) is 44.4 Å². The van der Waals surface area contributed by atoms with E-state index in [4.69, 9.17) is 11.6 Å². The molecule has 3 rings (SSSR count). The summed E-state index contributed by atoms with van der Waals surface area (Å²) in [5.41, 5.74) is 2.15. The summed E-state index contributed by atoms with van der Waals surface area (Å²) in [5.74, 6) is 0. The van der Waals surface area contributed by atoms with Gasteiger partial charge in [-0.05, 0) is 62.7 Å². The van der Waals surface area contributed by atoms with Crippen molar-refractivity contribution in [3.8, 4) is 0 Å². The van der Waals surface area contributed by atoms with Gasteiger partial charge in [0.1, 0.15) is 0 Å². The molecule has 1 heterocycles. The summed E-state index contributed by atoms with van der Waals surface area (Å²) < 4.78 is 1.99. The number of rotatable bonds is 10. The number of halogens is 1. The maximum atomic E-state index is 13.3. The second-order valence-corrected chi connectivity index (χ2v) is 9.17. The van der Waals surface area contributed by atoms with Crippen molar-refractivity contribution in [1.82, 2.24) is 4.90 Å². The molecule has 0 spiro atoms. The first-order valence-corrected chi connectivity index (χ1v) is 11.9. The first-order valence-electron chi connectivity index (χ1n) is 10.7. The molecule has 0 unspecified atom stereocenters. The zero-order valence-corrected chi connectivity index (χ0v) is 19.3. The Morgan fingerprint density at radius 2 is 1.76 bits per heavy atom. The van der Waals surface area contributed by atoms with Crippen LogP contribution in [0.3, 0.4) is 0 Å². The number of hydrogen-bond acceptors (Lipinski definition) is 4. The Morgan fingerprint density at radius 1 is 1.03 bits per heavy atom. The highest BCUT2D eigenvalue weighted by Gasteiger charge is 2.13. The Labute approximate surface area is 182 Å². The number of benzene rings is 2. The number of unbranched alkanes of at least 4 members (excludes halogenated alkanes) is 2. The van der Waals surface area contributed by atoms with Gasteiger partial charge in [0.05, 0.1) is 5.39 Å². The van der Waals surface area contributed by atoms with Crippen molar-refractivity contribution in [2.45, 2.75) is 46.5 Å². The van der Waals surface area contributed by atoms with Gasteiger partial charge in [0.25, 0.3) is 0 Å². The second-order valence-electron chi connectivity index (χ2n) is 7.68. The smallest absolute Gasteiger partial charge is 0.197 e. The SMILES string of the molecule is CCCCN(CCCC)CCNc1ccc(C)c2sc3cc(Cl)ccc3c(=O)c12. The summed E-state index contributed by atoms with van der Waals surface area (Å²) in [4.78, 5) is 15.8. The van der Waals surface area contributed by atoms with Crippen molar-refractivity contribution >= 4 is 48.8 Å². The van der Waals surface area contributed by atoms with Crippen molar-refractivity contribution in [1.29, 1.82) is 0 Å². The number of nitrogens with zero attached hydrogens (tertiary/aromatic N) is 1. The average molecular weight is 431 g/mol. The van der Waals surface area contributed by atoms with Gasteiger partial charge in [0.15, 0.2) is 5.43 Å². The Bertz CT molecular complexity index is 1020. The zero-order valence-electron chi connectivity index (χ0n) is 17.7. The quantitative estimate of drug-likeness (QED) is 0.363. The number of anilines is 1. The van der Waals surface area contributed by atoms with Crippen LogP contribution in [-0.2, 0) is 0 Å². The van der Waals surface area contributed by atoms with Gasteiger partial charge in [0.2, 0.25) is 0 Å². The standard InChI is InChI=1S/C24H31ClN2OS/c1-4-6-13-27(14-7-5-2)15-12-26-20-11-8-17(3)24-22(20)23(28)19-10-9-18(25)16-21(19)29-24/h8-11,16,26H,4-7,12-15H2,1-3H3. The lowest BCUT2D eigenvalue weighted by Crippen LogP contribution is -2.31. The topological polar surface area (TPSA) is 32.3 Å². The molecule has 3 aromatic rings. The molecular weight excluding hydrogens is 400 g/mol. The molecule has 1 N–H and O–H groups in total. The van der Waals surface area contributed by atoms with E-state index in [0.29, 0.717) is 5.02 Å². The largest absolute Gasteiger partial charge is 0.383 e. The van der Waals surface area contributed by atoms with Crippen LogP contribution in [0.1, 0.15) is 45.1 Å². The van der Waals surface area contributed by atoms with E-state index in [1.165, 1.54) is 25.7 Å². The molecule has 0 aliphatic carbocycles. The molecule has 0 fully saturated rings. The van der Waals surface area contributed by atoms with Crippen LogP contribution in [0.4, 0.5) is 5.69 Å². The van der Waals surface area contributed by atoms with E-state index in [9.17, 15) is 4.79 Å². The van der Waals surface area contributed by atoms with Crippen LogP contribution >= 0.6 is 22.9 Å². The normalized spacial score (nSPS) is 11.6. The van der Waals surface area contributed by atoms with E-state index in [1.54, 1.807) is 17.4 Å².